The van der Waals surface area contributed by atoms with Crippen LogP contribution in [0.25, 0.3) is 0 Å². The summed E-state index contributed by atoms with van der Waals surface area (Å²) in [5, 5.41) is 2.87. The van der Waals surface area contributed by atoms with Crippen molar-refractivity contribution >= 4 is 24.2 Å². The van der Waals surface area contributed by atoms with E-state index in [0.717, 1.165) is 0 Å². The fourth-order valence-electron chi connectivity index (χ4n) is 0.739. The molecule has 0 amide bonds. The summed E-state index contributed by atoms with van der Waals surface area (Å²) < 4.78 is 0. The normalized spacial score (nSPS) is 9.17. The van der Waals surface area contributed by atoms with Crippen molar-refractivity contribution in [2.24, 2.45) is 10.8 Å². The predicted molar refractivity (Wildman–Crippen MR) is 48.6 cm³/mol. The third-order valence-electron chi connectivity index (χ3n) is 1.32. The molecule has 0 bridgehead atoms. The zero-order valence-electron chi connectivity index (χ0n) is 6.70. The number of aromatic nitrogens is 2. The van der Waals surface area contributed by atoms with E-state index in [1.54, 1.807) is 13.2 Å². The van der Waals surface area contributed by atoms with E-state index in [1.807, 2.05) is 0 Å². The molecule has 0 saturated heterocycles. The standard InChI is InChI=1S/C6H10N6/c1-8-4-3-10-6(12-7)11-5(4)9-2/h3,8H,2,7H2,1H3,(H,10,11,12). The van der Waals surface area contributed by atoms with Crippen LogP contribution in [0.5, 0.6) is 0 Å². The Morgan fingerprint density at radius 2 is 2.42 bits per heavy atom. The van der Waals surface area contributed by atoms with Crippen LogP contribution in [-0.2, 0) is 0 Å². The quantitative estimate of drug-likeness (QED) is 0.337. The molecule has 0 aliphatic heterocycles. The van der Waals surface area contributed by atoms with E-state index in [-0.39, 0.29) is 0 Å². The van der Waals surface area contributed by atoms with Crippen LogP contribution in [0, 0.1) is 0 Å². The molecule has 6 heteroatoms. The van der Waals surface area contributed by atoms with Gasteiger partial charge in [-0.05, 0) is 6.72 Å². The summed E-state index contributed by atoms with van der Waals surface area (Å²) in [5.41, 5.74) is 3.03. The summed E-state index contributed by atoms with van der Waals surface area (Å²) in [7, 11) is 1.75. The average Bonchev–Trinajstić information content (AvgIpc) is 2.16. The number of nitrogens with two attached hydrogens (primary N) is 1. The number of hydrogen-bond acceptors (Lipinski definition) is 6. The molecule has 0 fully saturated rings. The number of hydrogen-bond donors (Lipinski definition) is 3. The van der Waals surface area contributed by atoms with Crippen molar-refractivity contribution in [3.8, 4) is 0 Å². The topological polar surface area (TPSA) is 88.2 Å². The fraction of sp³-hybridized carbons (Fsp3) is 0.167. The molecule has 1 aromatic rings. The van der Waals surface area contributed by atoms with Crippen molar-refractivity contribution < 1.29 is 0 Å². The largest absolute Gasteiger partial charge is 0.384 e. The lowest BCUT2D eigenvalue weighted by Gasteiger charge is -2.04. The highest BCUT2D eigenvalue weighted by Crippen LogP contribution is 2.20. The van der Waals surface area contributed by atoms with Gasteiger partial charge in [0.2, 0.25) is 5.95 Å². The maximum atomic E-state index is 5.11. The first-order valence-electron chi connectivity index (χ1n) is 3.30. The number of rotatable bonds is 3. The van der Waals surface area contributed by atoms with E-state index < -0.39 is 0 Å². The third-order valence-corrected chi connectivity index (χ3v) is 1.32. The molecular formula is C6H10N6. The van der Waals surface area contributed by atoms with E-state index in [0.29, 0.717) is 17.5 Å². The first-order valence-corrected chi connectivity index (χ1v) is 3.30. The second-order valence-electron chi connectivity index (χ2n) is 1.98. The third kappa shape index (κ3) is 1.48. The van der Waals surface area contributed by atoms with Crippen LogP contribution in [0.2, 0.25) is 0 Å². The van der Waals surface area contributed by atoms with Crippen LogP contribution in [0.3, 0.4) is 0 Å². The summed E-state index contributed by atoms with van der Waals surface area (Å²) in [6.45, 7) is 3.37. The molecule has 1 aromatic heterocycles. The lowest BCUT2D eigenvalue weighted by Crippen LogP contribution is -2.10. The summed E-state index contributed by atoms with van der Waals surface area (Å²) in [5.74, 6) is 5.90. The summed E-state index contributed by atoms with van der Waals surface area (Å²) in [6, 6.07) is 0. The smallest absolute Gasteiger partial charge is 0.239 e. The molecular weight excluding hydrogens is 156 g/mol. The van der Waals surface area contributed by atoms with Crippen LogP contribution >= 0.6 is 0 Å². The lowest BCUT2D eigenvalue weighted by atomic mass is 10.5. The summed E-state index contributed by atoms with van der Waals surface area (Å²) in [4.78, 5) is 11.5. The zero-order chi connectivity index (χ0) is 8.97. The van der Waals surface area contributed by atoms with Crippen LogP contribution in [-0.4, -0.2) is 23.7 Å². The fourth-order valence-corrected chi connectivity index (χ4v) is 0.739. The molecule has 0 aliphatic carbocycles. The Balaban J connectivity index is 3.10. The maximum Gasteiger partial charge on any atom is 0.239 e. The second-order valence-corrected chi connectivity index (χ2v) is 1.98. The Kier molecular flexibility index (Phi) is 2.54. The zero-order valence-corrected chi connectivity index (χ0v) is 6.70. The highest BCUT2D eigenvalue weighted by molar-refractivity contribution is 5.63. The molecule has 0 radical (unpaired) electrons. The molecule has 0 saturated carbocycles. The molecule has 0 spiro atoms. The van der Waals surface area contributed by atoms with Gasteiger partial charge < -0.3 is 5.32 Å². The predicted octanol–water partition coefficient (Wildman–Crippen LogP) is 0.136. The highest BCUT2D eigenvalue weighted by atomic mass is 15.3. The Morgan fingerprint density at radius 3 is 2.92 bits per heavy atom. The van der Waals surface area contributed by atoms with Gasteiger partial charge in [-0.2, -0.15) is 4.98 Å². The van der Waals surface area contributed by atoms with Crippen molar-refractivity contribution in [3.05, 3.63) is 6.20 Å². The first-order chi connectivity index (χ1) is 5.81. The van der Waals surface area contributed by atoms with Crippen LogP contribution in [0.1, 0.15) is 0 Å². The average molecular weight is 166 g/mol. The van der Waals surface area contributed by atoms with Crippen molar-refractivity contribution in [3.63, 3.8) is 0 Å². The van der Waals surface area contributed by atoms with Gasteiger partial charge in [0, 0.05) is 7.05 Å². The Morgan fingerprint density at radius 1 is 1.67 bits per heavy atom. The van der Waals surface area contributed by atoms with Gasteiger partial charge in [0.1, 0.15) is 0 Å². The van der Waals surface area contributed by atoms with Gasteiger partial charge in [0.15, 0.2) is 5.82 Å². The van der Waals surface area contributed by atoms with E-state index in [2.05, 4.69) is 32.4 Å². The number of hydrazine groups is 1. The van der Waals surface area contributed by atoms with E-state index in [9.17, 15) is 0 Å². The molecule has 4 N–H and O–H groups in total. The summed E-state index contributed by atoms with van der Waals surface area (Å²) in [6.07, 6.45) is 1.58. The van der Waals surface area contributed by atoms with Gasteiger partial charge in [-0.1, -0.05) is 0 Å². The van der Waals surface area contributed by atoms with Crippen molar-refractivity contribution in [1.29, 1.82) is 0 Å². The van der Waals surface area contributed by atoms with Gasteiger partial charge in [-0.15, -0.1) is 0 Å². The Hall–Kier alpha value is -1.69. The number of anilines is 2. The van der Waals surface area contributed by atoms with Gasteiger partial charge >= 0.3 is 0 Å². The molecule has 6 nitrogen and oxygen atoms in total. The SMILES string of the molecule is C=Nc1nc(NN)ncc1NC. The van der Waals surface area contributed by atoms with E-state index >= 15 is 0 Å². The van der Waals surface area contributed by atoms with Crippen LogP contribution in [0.4, 0.5) is 17.5 Å². The van der Waals surface area contributed by atoms with Gasteiger partial charge in [-0.3, -0.25) is 5.43 Å². The highest BCUT2D eigenvalue weighted by Gasteiger charge is 2.01. The summed E-state index contributed by atoms with van der Waals surface area (Å²) >= 11 is 0. The minimum absolute atomic E-state index is 0.316. The van der Waals surface area contributed by atoms with Crippen LogP contribution < -0.4 is 16.6 Å². The first kappa shape index (κ1) is 8.41. The van der Waals surface area contributed by atoms with Crippen LogP contribution in [0.15, 0.2) is 11.2 Å². The van der Waals surface area contributed by atoms with E-state index in [4.69, 9.17) is 5.84 Å². The van der Waals surface area contributed by atoms with Gasteiger partial charge in [-0.25, -0.2) is 15.8 Å². The molecule has 0 aliphatic rings. The molecule has 64 valence electrons. The molecule has 1 heterocycles. The molecule has 12 heavy (non-hydrogen) atoms. The molecule has 1 rings (SSSR count). The maximum absolute atomic E-state index is 5.11. The number of aliphatic imine (C=N–C) groups is 1. The van der Waals surface area contributed by atoms with Crippen molar-refractivity contribution in [2.75, 3.05) is 17.8 Å². The molecule has 0 aromatic carbocycles. The van der Waals surface area contributed by atoms with Crippen molar-refractivity contribution in [1.82, 2.24) is 9.97 Å². The Bertz CT molecular complexity index is 283. The number of nitrogens with one attached hydrogen (secondary N) is 2. The molecule has 0 atom stereocenters. The van der Waals surface area contributed by atoms with Gasteiger partial charge in [0.05, 0.1) is 11.9 Å². The number of nitrogen functional groups attached to an aromatic ring is 1. The minimum atomic E-state index is 0.316. The van der Waals surface area contributed by atoms with Crippen molar-refractivity contribution in [2.45, 2.75) is 0 Å². The second kappa shape index (κ2) is 3.63. The van der Waals surface area contributed by atoms with E-state index in [1.165, 1.54) is 0 Å². The Labute approximate surface area is 69.9 Å². The lowest BCUT2D eigenvalue weighted by molar-refractivity contribution is 1.11. The monoisotopic (exact) mass is 166 g/mol. The van der Waals surface area contributed by atoms with Gasteiger partial charge in [0.25, 0.3) is 0 Å². The minimum Gasteiger partial charge on any atom is -0.384 e. The number of nitrogens with zero attached hydrogens (tertiary/aromatic N) is 3. The molecule has 0 unspecified atom stereocenters.